The average Bonchev–Trinajstić information content (AvgIpc) is 2.53. The smallest absolute Gasteiger partial charge is 0.208 e. The summed E-state index contributed by atoms with van der Waals surface area (Å²) in [5.41, 5.74) is 0.955. The molecule has 3 nitrogen and oxygen atoms in total. The third-order valence-electron chi connectivity index (χ3n) is 2.47. The second-order valence-electron chi connectivity index (χ2n) is 3.64. The number of hydrogen-bond donors (Lipinski definition) is 1. The number of rotatable bonds is 5. The van der Waals surface area contributed by atoms with Gasteiger partial charge in [0.25, 0.3) is 0 Å². The lowest BCUT2D eigenvalue weighted by Crippen LogP contribution is -2.27. The summed E-state index contributed by atoms with van der Waals surface area (Å²) in [4.78, 5) is 4.30. The normalized spacial score (nSPS) is 12.4. The largest absolute Gasteiger partial charge is 0.444 e. The Balaban J connectivity index is 2.46. The second-order valence-corrected chi connectivity index (χ2v) is 3.64. The molecule has 0 saturated heterocycles. The molecular formula is C12H18N2O. The molecule has 1 unspecified atom stereocenters. The van der Waals surface area contributed by atoms with Crippen molar-refractivity contribution in [3.8, 4) is 12.3 Å². The standard InChI is InChI=1S/C12H18N2O/c1-5-7-11(6-2)13-8-12-14-9(3)10(4)15-12/h1,11,13H,6-8H2,2-4H3. The number of aromatic nitrogens is 1. The van der Waals surface area contributed by atoms with Crippen molar-refractivity contribution in [3.63, 3.8) is 0 Å². The van der Waals surface area contributed by atoms with Gasteiger partial charge in [0.15, 0.2) is 0 Å². The molecule has 0 aliphatic rings. The zero-order valence-corrected chi connectivity index (χ0v) is 9.63. The maximum atomic E-state index is 5.46. The molecule has 1 atom stereocenters. The van der Waals surface area contributed by atoms with Crippen LogP contribution in [-0.2, 0) is 6.54 Å². The highest BCUT2D eigenvalue weighted by molar-refractivity contribution is 5.05. The van der Waals surface area contributed by atoms with E-state index in [2.05, 4.69) is 23.1 Å². The van der Waals surface area contributed by atoms with Gasteiger partial charge in [-0.3, -0.25) is 0 Å². The molecule has 0 saturated carbocycles. The molecular weight excluding hydrogens is 188 g/mol. The Morgan fingerprint density at radius 2 is 2.27 bits per heavy atom. The lowest BCUT2D eigenvalue weighted by Gasteiger charge is -2.11. The summed E-state index contributed by atoms with van der Waals surface area (Å²) in [5.74, 6) is 4.28. The van der Waals surface area contributed by atoms with E-state index >= 15 is 0 Å². The molecule has 82 valence electrons. The second kappa shape index (κ2) is 5.57. The van der Waals surface area contributed by atoms with Crippen LogP contribution in [0.4, 0.5) is 0 Å². The lowest BCUT2D eigenvalue weighted by atomic mass is 10.1. The predicted molar refractivity (Wildman–Crippen MR) is 60.3 cm³/mol. The van der Waals surface area contributed by atoms with Crippen LogP contribution < -0.4 is 5.32 Å². The van der Waals surface area contributed by atoms with Gasteiger partial charge >= 0.3 is 0 Å². The van der Waals surface area contributed by atoms with Crippen LogP contribution in [0, 0.1) is 26.2 Å². The van der Waals surface area contributed by atoms with E-state index in [1.54, 1.807) is 0 Å². The summed E-state index contributed by atoms with van der Waals surface area (Å²) in [5, 5.41) is 3.33. The van der Waals surface area contributed by atoms with Crippen molar-refractivity contribution in [3.05, 3.63) is 17.3 Å². The fourth-order valence-corrected chi connectivity index (χ4v) is 1.35. The van der Waals surface area contributed by atoms with Crippen molar-refractivity contribution >= 4 is 0 Å². The Labute approximate surface area is 91.3 Å². The molecule has 0 bridgehead atoms. The summed E-state index contributed by atoms with van der Waals surface area (Å²) < 4.78 is 5.46. The quantitative estimate of drug-likeness (QED) is 0.750. The van der Waals surface area contributed by atoms with Gasteiger partial charge in [0.2, 0.25) is 5.89 Å². The average molecular weight is 206 g/mol. The molecule has 0 radical (unpaired) electrons. The van der Waals surface area contributed by atoms with Crippen molar-refractivity contribution < 1.29 is 4.42 Å². The zero-order valence-electron chi connectivity index (χ0n) is 9.63. The highest BCUT2D eigenvalue weighted by atomic mass is 16.4. The van der Waals surface area contributed by atoms with E-state index in [1.165, 1.54) is 0 Å². The molecule has 0 fully saturated rings. The molecule has 0 spiro atoms. The molecule has 1 N–H and O–H groups in total. The van der Waals surface area contributed by atoms with Gasteiger partial charge < -0.3 is 9.73 Å². The topological polar surface area (TPSA) is 38.1 Å². The molecule has 1 aromatic rings. The van der Waals surface area contributed by atoms with Crippen LogP contribution in [0.2, 0.25) is 0 Å². The maximum absolute atomic E-state index is 5.46. The van der Waals surface area contributed by atoms with Gasteiger partial charge in [0.05, 0.1) is 12.2 Å². The Hall–Kier alpha value is -1.27. The van der Waals surface area contributed by atoms with Gasteiger partial charge in [-0.2, -0.15) is 0 Å². The third kappa shape index (κ3) is 3.41. The fraction of sp³-hybridized carbons (Fsp3) is 0.583. The van der Waals surface area contributed by atoms with Crippen LogP contribution >= 0.6 is 0 Å². The monoisotopic (exact) mass is 206 g/mol. The summed E-state index contributed by atoms with van der Waals surface area (Å²) in [6, 6.07) is 0.350. The first-order valence-electron chi connectivity index (χ1n) is 5.27. The van der Waals surface area contributed by atoms with Crippen molar-refractivity contribution in [2.24, 2.45) is 0 Å². The Morgan fingerprint density at radius 3 is 2.73 bits per heavy atom. The molecule has 0 aliphatic heterocycles. The van der Waals surface area contributed by atoms with E-state index < -0.39 is 0 Å². The van der Waals surface area contributed by atoms with Crippen LogP contribution in [0.3, 0.4) is 0 Å². The van der Waals surface area contributed by atoms with Gasteiger partial charge in [0, 0.05) is 12.5 Å². The molecule has 3 heteroatoms. The van der Waals surface area contributed by atoms with E-state index in [-0.39, 0.29) is 0 Å². The summed E-state index contributed by atoms with van der Waals surface area (Å²) >= 11 is 0. The SMILES string of the molecule is C#CCC(CC)NCc1nc(C)c(C)o1. The van der Waals surface area contributed by atoms with Crippen molar-refractivity contribution in [1.29, 1.82) is 0 Å². The Morgan fingerprint density at radius 1 is 1.53 bits per heavy atom. The Kier molecular flexibility index (Phi) is 4.38. The van der Waals surface area contributed by atoms with Crippen LogP contribution in [0.25, 0.3) is 0 Å². The number of oxazole rings is 1. The molecule has 0 aromatic carbocycles. The van der Waals surface area contributed by atoms with E-state index in [4.69, 9.17) is 10.8 Å². The van der Waals surface area contributed by atoms with Crippen LogP contribution in [0.15, 0.2) is 4.42 Å². The number of nitrogens with zero attached hydrogens (tertiary/aromatic N) is 1. The first-order valence-corrected chi connectivity index (χ1v) is 5.27. The first-order chi connectivity index (χ1) is 7.17. The summed E-state index contributed by atoms with van der Waals surface area (Å²) in [7, 11) is 0. The number of terminal acetylenes is 1. The minimum atomic E-state index is 0.350. The Bertz CT molecular complexity index is 329. The minimum Gasteiger partial charge on any atom is -0.444 e. The third-order valence-corrected chi connectivity index (χ3v) is 2.47. The predicted octanol–water partition coefficient (Wildman–Crippen LogP) is 2.18. The van der Waals surface area contributed by atoms with Gasteiger partial charge in [-0.05, 0) is 20.3 Å². The van der Waals surface area contributed by atoms with Gasteiger partial charge in [-0.1, -0.05) is 6.92 Å². The van der Waals surface area contributed by atoms with Gasteiger partial charge in [-0.15, -0.1) is 12.3 Å². The summed E-state index contributed by atoms with van der Waals surface area (Å²) in [6.07, 6.45) is 7.04. The van der Waals surface area contributed by atoms with Gasteiger partial charge in [-0.25, -0.2) is 4.98 Å². The highest BCUT2D eigenvalue weighted by Crippen LogP contribution is 2.08. The zero-order chi connectivity index (χ0) is 11.3. The lowest BCUT2D eigenvalue weighted by molar-refractivity contribution is 0.417. The van der Waals surface area contributed by atoms with E-state index in [1.807, 2.05) is 13.8 Å². The number of hydrogen-bond acceptors (Lipinski definition) is 3. The number of nitrogens with one attached hydrogen (secondary N) is 1. The summed E-state index contributed by atoms with van der Waals surface area (Å²) in [6.45, 7) is 6.63. The number of aryl methyl sites for hydroxylation is 2. The van der Waals surface area contributed by atoms with E-state index in [0.29, 0.717) is 12.6 Å². The molecule has 1 aromatic heterocycles. The van der Waals surface area contributed by atoms with Crippen LogP contribution in [0.1, 0.15) is 37.1 Å². The minimum absolute atomic E-state index is 0.350. The molecule has 1 heterocycles. The highest BCUT2D eigenvalue weighted by Gasteiger charge is 2.08. The maximum Gasteiger partial charge on any atom is 0.208 e. The van der Waals surface area contributed by atoms with E-state index in [0.717, 1.165) is 30.2 Å². The van der Waals surface area contributed by atoms with Crippen molar-refractivity contribution in [2.45, 2.75) is 46.2 Å². The molecule has 15 heavy (non-hydrogen) atoms. The molecule has 0 aliphatic carbocycles. The first kappa shape index (κ1) is 11.8. The van der Waals surface area contributed by atoms with Crippen molar-refractivity contribution in [2.75, 3.05) is 0 Å². The van der Waals surface area contributed by atoms with Crippen LogP contribution in [-0.4, -0.2) is 11.0 Å². The van der Waals surface area contributed by atoms with E-state index in [9.17, 15) is 0 Å². The molecule has 0 amide bonds. The van der Waals surface area contributed by atoms with Gasteiger partial charge in [0.1, 0.15) is 5.76 Å². The fourth-order valence-electron chi connectivity index (χ4n) is 1.35. The van der Waals surface area contributed by atoms with Crippen LogP contribution in [0.5, 0.6) is 0 Å². The van der Waals surface area contributed by atoms with Crippen molar-refractivity contribution in [1.82, 2.24) is 10.3 Å². The molecule has 1 rings (SSSR count).